The van der Waals surface area contributed by atoms with E-state index in [1.165, 1.54) is 0 Å². The first-order valence-electron chi connectivity index (χ1n) is 5.30. The van der Waals surface area contributed by atoms with Gasteiger partial charge in [-0.3, -0.25) is 4.79 Å². The first-order chi connectivity index (χ1) is 7.61. The Balaban J connectivity index is 2.26. The minimum absolute atomic E-state index is 0.0117. The van der Waals surface area contributed by atoms with E-state index >= 15 is 0 Å². The zero-order chi connectivity index (χ0) is 11.7. The zero-order valence-corrected chi connectivity index (χ0v) is 8.61. The Labute approximate surface area is 89.6 Å². The SMILES string of the molecule is [2H]C1Oc2ccc(C(=O)[C@@H](C)NC)cc2O1. The van der Waals surface area contributed by atoms with Crippen LogP contribution in [0.5, 0.6) is 11.5 Å². The highest BCUT2D eigenvalue weighted by atomic mass is 16.7. The molecule has 2 rings (SSSR count). The Morgan fingerprint density at radius 1 is 1.53 bits per heavy atom. The number of ether oxygens (including phenoxy) is 2. The highest BCUT2D eigenvalue weighted by Crippen LogP contribution is 2.32. The summed E-state index contributed by atoms with van der Waals surface area (Å²) in [5, 5.41) is 2.88. The predicted octanol–water partition coefficient (Wildman–Crippen LogP) is 1.21. The summed E-state index contributed by atoms with van der Waals surface area (Å²) in [6, 6.07) is 4.70. The molecule has 0 amide bonds. The van der Waals surface area contributed by atoms with Crippen molar-refractivity contribution in [3.63, 3.8) is 0 Å². The minimum atomic E-state index is -1.03. The molecule has 4 heteroatoms. The third-order valence-corrected chi connectivity index (χ3v) is 2.40. The van der Waals surface area contributed by atoms with Crippen molar-refractivity contribution in [2.45, 2.75) is 13.0 Å². The van der Waals surface area contributed by atoms with Gasteiger partial charge in [0.25, 0.3) is 0 Å². The van der Waals surface area contributed by atoms with Crippen molar-refractivity contribution in [2.24, 2.45) is 0 Å². The van der Waals surface area contributed by atoms with Crippen LogP contribution < -0.4 is 14.8 Å². The van der Waals surface area contributed by atoms with Crippen LogP contribution in [0.3, 0.4) is 0 Å². The van der Waals surface area contributed by atoms with Gasteiger partial charge in [-0.2, -0.15) is 0 Å². The number of hydrogen-bond donors (Lipinski definition) is 1. The fourth-order valence-electron chi connectivity index (χ4n) is 1.36. The summed E-state index contributed by atoms with van der Waals surface area (Å²) in [6.07, 6.45) is 0. The Hall–Kier alpha value is -1.55. The molecule has 4 nitrogen and oxygen atoms in total. The molecule has 2 atom stereocenters. The number of carbonyl (C=O) groups is 1. The quantitative estimate of drug-likeness (QED) is 0.758. The molecule has 0 radical (unpaired) electrons. The average Bonchev–Trinajstić information content (AvgIpc) is 2.65. The maximum absolute atomic E-state index is 11.9. The van der Waals surface area contributed by atoms with E-state index < -0.39 is 6.77 Å². The van der Waals surface area contributed by atoms with Gasteiger partial charge in [-0.15, -0.1) is 0 Å². The lowest BCUT2D eigenvalue weighted by molar-refractivity contribution is 0.0954. The summed E-state index contributed by atoms with van der Waals surface area (Å²) in [4.78, 5) is 11.9. The maximum Gasteiger partial charge on any atom is 0.231 e. The summed E-state index contributed by atoms with van der Waals surface area (Å²) in [5.74, 6) is 0.949. The highest BCUT2D eigenvalue weighted by Gasteiger charge is 2.18. The van der Waals surface area contributed by atoms with Crippen molar-refractivity contribution in [1.29, 1.82) is 0 Å². The average molecular weight is 208 g/mol. The molecular weight excluding hydrogens is 194 g/mol. The molecule has 1 aromatic rings. The van der Waals surface area contributed by atoms with Crippen molar-refractivity contribution in [3.8, 4) is 11.5 Å². The molecule has 0 aromatic heterocycles. The maximum atomic E-state index is 11.9. The Kier molecular flexibility index (Phi) is 2.27. The van der Waals surface area contributed by atoms with E-state index in [-0.39, 0.29) is 11.8 Å². The van der Waals surface area contributed by atoms with Gasteiger partial charge in [-0.05, 0) is 32.2 Å². The summed E-state index contributed by atoms with van der Waals surface area (Å²) in [6.45, 7) is 0.766. The molecule has 1 heterocycles. The molecule has 0 fully saturated rings. The minimum Gasteiger partial charge on any atom is -0.454 e. The molecule has 0 aliphatic carbocycles. The number of rotatable bonds is 3. The molecule has 0 saturated heterocycles. The van der Waals surface area contributed by atoms with Crippen LogP contribution in [-0.4, -0.2) is 25.6 Å². The van der Waals surface area contributed by atoms with Gasteiger partial charge in [0.2, 0.25) is 6.77 Å². The van der Waals surface area contributed by atoms with Gasteiger partial charge >= 0.3 is 0 Å². The van der Waals surface area contributed by atoms with Gasteiger partial charge in [0.1, 0.15) is 1.37 Å². The number of benzene rings is 1. The van der Waals surface area contributed by atoms with E-state index in [0.29, 0.717) is 17.1 Å². The fourth-order valence-corrected chi connectivity index (χ4v) is 1.36. The van der Waals surface area contributed by atoms with Crippen LogP contribution >= 0.6 is 0 Å². The van der Waals surface area contributed by atoms with Crippen LogP contribution in [0.15, 0.2) is 18.2 Å². The summed E-state index contributed by atoms with van der Waals surface area (Å²) < 4.78 is 17.4. The molecule has 0 saturated carbocycles. The summed E-state index contributed by atoms with van der Waals surface area (Å²) in [7, 11) is 1.73. The lowest BCUT2D eigenvalue weighted by Gasteiger charge is -2.09. The van der Waals surface area contributed by atoms with Crippen molar-refractivity contribution < 1.29 is 15.6 Å². The molecule has 15 heavy (non-hydrogen) atoms. The van der Waals surface area contributed by atoms with Crippen LogP contribution in [0.2, 0.25) is 0 Å². The molecule has 1 unspecified atom stereocenters. The molecule has 1 aliphatic rings. The van der Waals surface area contributed by atoms with Gasteiger partial charge in [-0.25, -0.2) is 0 Å². The lowest BCUT2D eigenvalue weighted by atomic mass is 10.1. The van der Waals surface area contributed by atoms with E-state index in [1.807, 2.05) is 0 Å². The van der Waals surface area contributed by atoms with Crippen molar-refractivity contribution in [1.82, 2.24) is 5.32 Å². The number of ketones is 1. The second-order valence-electron chi connectivity index (χ2n) is 3.37. The van der Waals surface area contributed by atoms with Crippen LogP contribution in [0.4, 0.5) is 0 Å². The van der Waals surface area contributed by atoms with Gasteiger partial charge in [-0.1, -0.05) is 0 Å². The van der Waals surface area contributed by atoms with Crippen LogP contribution in [0, 0.1) is 0 Å². The normalized spacial score (nSPS) is 20.9. The number of likely N-dealkylation sites (N-methyl/N-ethyl adjacent to an activating group) is 1. The molecule has 0 bridgehead atoms. The summed E-state index contributed by atoms with van der Waals surface area (Å²) >= 11 is 0. The number of hydrogen-bond acceptors (Lipinski definition) is 4. The number of Topliss-reactive ketones (excluding diaryl/α,β-unsaturated/α-hetero) is 1. The standard InChI is InChI=1S/C11H13NO3/c1-7(12-2)11(13)8-3-4-9-10(5-8)15-6-14-9/h3-5,7,12H,6H2,1-2H3/t7-/m1/s1/i6D/t6?,7-. The number of nitrogens with one attached hydrogen (secondary N) is 1. The third-order valence-electron chi connectivity index (χ3n) is 2.40. The second kappa shape index (κ2) is 3.90. The van der Waals surface area contributed by atoms with E-state index in [1.54, 1.807) is 32.2 Å². The van der Waals surface area contributed by atoms with E-state index in [0.717, 1.165) is 0 Å². The topological polar surface area (TPSA) is 47.6 Å². The Morgan fingerprint density at radius 2 is 2.27 bits per heavy atom. The Morgan fingerprint density at radius 3 is 3.00 bits per heavy atom. The van der Waals surface area contributed by atoms with Crippen molar-refractivity contribution >= 4 is 5.78 Å². The van der Waals surface area contributed by atoms with E-state index in [4.69, 9.17) is 10.8 Å². The predicted molar refractivity (Wildman–Crippen MR) is 55.4 cm³/mol. The fraction of sp³-hybridized carbons (Fsp3) is 0.364. The molecule has 1 aromatic carbocycles. The van der Waals surface area contributed by atoms with Crippen LogP contribution in [0.25, 0.3) is 0 Å². The largest absolute Gasteiger partial charge is 0.454 e. The van der Waals surface area contributed by atoms with Crippen LogP contribution in [-0.2, 0) is 0 Å². The lowest BCUT2D eigenvalue weighted by Crippen LogP contribution is -2.30. The zero-order valence-electron chi connectivity index (χ0n) is 9.61. The van der Waals surface area contributed by atoms with Gasteiger partial charge in [0.15, 0.2) is 17.3 Å². The van der Waals surface area contributed by atoms with Gasteiger partial charge < -0.3 is 14.8 Å². The molecule has 80 valence electrons. The number of fused-ring (bicyclic) bond motifs is 1. The van der Waals surface area contributed by atoms with Crippen molar-refractivity contribution in [3.05, 3.63) is 23.8 Å². The first-order valence-corrected chi connectivity index (χ1v) is 4.73. The highest BCUT2D eigenvalue weighted by molar-refractivity contribution is 6.00. The van der Waals surface area contributed by atoms with Gasteiger partial charge in [0, 0.05) is 5.56 Å². The Bertz CT molecular complexity index is 422. The molecule has 1 N–H and O–H groups in total. The number of carbonyl (C=O) groups excluding carboxylic acids is 1. The van der Waals surface area contributed by atoms with Crippen LogP contribution in [0.1, 0.15) is 18.7 Å². The first kappa shape index (κ1) is 8.73. The molecular formula is C11H13NO3. The smallest absolute Gasteiger partial charge is 0.231 e. The second-order valence-corrected chi connectivity index (χ2v) is 3.37. The van der Waals surface area contributed by atoms with E-state index in [9.17, 15) is 4.79 Å². The van der Waals surface area contributed by atoms with E-state index in [2.05, 4.69) is 5.32 Å². The third kappa shape index (κ3) is 1.80. The van der Waals surface area contributed by atoms with Crippen molar-refractivity contribution in [2.75, 3.05) is 13.8 Å². The van der Waals surface area contributed by atoms with Gasteiger partial charge in [0.05, 0.1) is 6.04 Å². The molecule has 1 aliphatic heterocycles. The molecule has 0 spiro atoms. The summed E-state index contributed by atoms with van der Waals surface area (Å²) in [5.41, 5.74) is 0.554. The monoisotopic (exact) mass is 208 g/mol.